The van der Waals surface area contributed by atoms with E-state index in [0.717, 1.165) is 48.9 Å². The Morgan fingerprint density at radius 3 is 2.56 bits per heavy atom. The second-order valence-corrected chi connectivity index (χ2v) is 18.7. The van der Waals surface area contributed by atoms with E-state index in [1.54, 1.807) is 29.4 Å². The number of carbonyl (C=O) groups is 1. The molecule has 1 amide bonds. The zero-order valence-electron chi connectivity index (χ0n) is 28.1. The van der Waals surface area contributed by atoms with Crippen molar-refractivity contribution in [3.05, 3.63) is 58.1 Å². The molecule has 1 N–H and O–H groups in total. The van der Waals surface area contributed by atoms with E-state index in [1.165, 1.54) is 6.26 Å². The van der Waals surface area contributed by atoms with Gasteiger partial charge in [0.15, 0.2) is 0 Å². The summed E-state index contributed by atoms with van der Waals surface area (Å²) in [6, 6.07) is 11.0. The molecule has 1 unspecified atom stereocenters. The zero-order chi connectivity index (χ0) is 34.3. The number of carbonyl (C=O) groups excluding carboxylic acids is 1. The number of rotatable bonds is 1. The van der Waals surface area contributed by atoms with Crippen LogP contribution in [0.3, 0.4) is 0 Å². The highest BCUT2D eigenvalue weighted by atomic mass is 35.5. The lowest BCUT2D eigenvalue weighted by Crippen LogP contribution is -2.61. The molecule has 48 heavy (non-hydrogen) atoms. The summed E-state index contributed by atoms with van der Waals surface area (Å²) in [5, 5.41) is -0.122. The van der Waals surface area contributed by atoms with Crippen molar-refractivity contribution >= 4 is 43.2 Å². The van der Waals surface area contributed by atoms with Gasteiger partial charge in [-0.15, -0.1) is 0 Å². The first-order valence-corrected chi connectivity index (χ1v) is 21.0. The first kappa shape index (κ1) is 35.4. The van der Waals surface area contributed by atoms with Crippen molar-refractivity contribution in [1.82, 2.24) is 9.03 Å². The van der Waals surface area contributed by atoms with E-state index in [1.807, 2.05) is 25.1 Å². The van der Waals surface area contributed by atoms with Gasteiger partial charge in [0.2, 0.25) is 20.0 Å². The maximum Gasteiger partial charge on any atom is 0.264 e. The number of benzene rings is 2. The molecule has 4 aliphatic rings. The van der Waals surface area contributed by atoms with Crippen LogP contribution >= 0.6 is 11.6 Å². The van der Waals surface area contributed by atoms with Crippen molar-refractivity contribution in [2.45, 2.75) is 82.7 Å². The molecule has 6 rings (SSSR count). The monoisotopic (exact) mass is 721 g/mol. The van der Waals surface area contributed by atoms with E-state index in [2.05, 4.69) is 9.62 Å². The predicted molar refractivity (Wildman–Crippen MR) is 188 cm³/mol. The summed E-state index contributed by atoms with van der Waals surface area (Å²) in [5.41, 5.74) is 2.54. The van der Waals surface area contributed by atoms with Crippen LogP contribution in [0, 0.1) is 17.8 Å². The van der Waals surface area contributed by atoms with E-state index in [9.17, 15) is 21.6 Å². The third-order valence-corrected chi connectivity index (χ3v) is 14.6. The number of nitrogens with zero attached hydrogens (tertiary/aromatic N) is 2. The fourth-order valence-electron chi connectivity index (χ4n) is 8.01. The lowest BCUT2D eigenvalue weighted by Gasteiger charge is -2.54. The van der Waals surface area contributed by atoms with Gasteiger partial charge in [0.05, 0.1) is 29.4 Å². The number of hydrogen-bond acceptors (Lipinski definition) is 8. The molecule has 5 atom stereocenters. The number of nitrogens with one attached hydrogen (secondary N) is 1. The fraction of sp³-hybridized carbons (Fsp3) is 0.629. The number of hydrogen-bond donors (Lipinski definition) is 1. The number of amides is 1. The van der Waals surface area contributed by atoms with Crippen LogP contribution in [0.1, 0.15) is 80.3 Å². The van der Waals surface area contributed by atoms with E-state index in [4.69, 9.17) is 21.1 Å². The number of anilines is 1. The summed E-state index contributed by atoms with van der Waals surface area (Å²) in [6.45, 7) is 6.20. The van der Waals surface area contributed by atoms with Crippen molar-refractivity contribution < 1.29 is 31.1 Å². The van der Waals surface area contributed by atoms with Crippen molar-refractivity contribution in [3.63, 3.8) is 0 Å². The number of morpholine rings is 1. The summed E-state index contributed by atoms with van der Waals surface area (Å²) < 4.78 is 69.5. The average Bonchev–Trinajstić information content (AvgIpc) is 3.04. The van der Waals surface area contributed by atoms with Gasteiger partial charge < -0.3 is 14.4 Å². The molecule has 10 nitrogen and oxygen atoms in total. The molecule has 13 heteroatoms. The lowest BCUT2D eigenvalue weighted by atomic mass is 9.62. The maximum absolute atomic E-state index is 13.5. The van der Waals surface area contributed by atoms with Crippen LogP contribution in [0.15, 0.2) is 36.4 Å². The van der Waals surface area contributed by atoms with Gasteiger partial charge in [0.25, 0.3) is 5.91 Å². The SMILES string of the molecule is C[C@@H]1[C@@H](C)CCCC2(CN(S(C)(=O)=O)CCO2)[C@@H]2CC[C@H]2CN2CCCCc3cc(Cl)ccc3COc3ccc(cc32)C(=O)NS1(=O)=O. The predicted octanol–water partition coefficient (Wildman–Crippen LogP) is 5.39. The highest BCUT2D eigenvalue weighted by Crippen LogP contribution is 2.49. The molecule has 0 aromatic heterocycles. The Bertz CT molecular complexity index is 1740. The van der Waals surface area contributed by atoms with Crippen LogP contribution < -0.4 is 14.4 Å². The standard InChI is InChI=1S/C35H48ClN3O7S2/c1-24-7-6-15-35(23-39(17-18-46-35)47(3,41)42)31-13-10-28(31)21-38-16-5-4-8-26-19-30(36)12-9-29(26)22-45-33-14-11-27(20-32(33)38)34(40)37-48(43,44)25(24)2/h9,11-12,14,19-20,24-25,28,31H,4-8,10,13,15-18,21-23H2,1-3H3,(H,37,40)/t24-,25+,28-,31+,35?/m0/s1. The van der Waals surface area contributed by atoms with Crippen LogP contribution in [-0.4, -0.2) is 76.9 Å². The van der Waals surface area contributed by atoms with Gasteiger partial charge in [-0.1, -0.05) is 31.0 Å². The van der Waals surface area contributed by atoms with Crippen molar-refractivity contribution in [2.24, 2.45) is 17.8 Å². The molecular formula is C35H48ClN3O7S2. The van der Waals surface area contributed by atoms with Crippen LogP contribution in [0.2, 0.25) is 5.02 Å². The normalized spacial score (nSPS) is 30.5. The van der Waals surface area contributed by atoms with Crippen LogP contribution in [-0.2, 0) is 37.8 Å². The largest absolute Gasteiger partial charge is 0.487 e. The number of halogens is 1. The number of sulfonamides is 2. The van der Waals surface area contributed by atoms with Crippen molar-refractivity contribution in [3.8, 4) is 5.75 Å². The molecule has 1 saturated carbocycles. The minimum Gasteiger partial charge on any atom is -0.487 e. The van der Waals surface area contributed by atoms with Gasteiger partial charge in [0.1, 0.15) is 12.4 Å². The molecule has 2 bridgehead atoms. The van der Waals surface area contributed by atoms with Crippen molar-refractivity contribution in [2.75, 3.05) is 43.9 Å². The topological polar surface area (TPSA) is 122 Å². The summed E-state index contributed by atoms with van der Waals surface area (Å²) >= 11 is 6.35. The minimum atomic E-state index is -3.98. The Hall–Kier alpha value is -2.38. The maximum atomic E-state index is 13.5. The molecule has 1 spiro atoms. The smallest absolute Gasteiger partial charge is 0.264 e. The Morgan fingerprint density at radius 1 is 1.00 bits per heavy atom. The molecule has 2 aromatic rings. The summed E-state index contributed by atoms with van der Waals surface area (Å²) in [7, 11) is -7.40. The van der Waals surface area contributed by atoms with Crippen LogP contribution in [0.25, 0.3) is 0 Å². The first-order valence-electron chi connectivity index (χ1n) is 17.2. The van der Waals surface area contributed by atoms with Gasteiger partial charge in [-0.25, -0.2) is 21.6 Å². The quantitative estimate of drug-likeness (QED) is 0.417. The van der Waals surface area contributed by atoms with E-state index < -0.39 is 36.8 Å². The number of fused-ring (bicyclic) bond motifs is 4. The first-order chi connectivity index (χ1) is 22.8. The Morgan fingerprint density at radius 2 is 1.81 bits per heavy atom. The minimum absolute atomic E-state index is 0.131. The molecule has 3 heterocycles. The number of aryl methyl sites for hydroxylation is 1. The third kappa shape index (κ3) is 7.52. The third-order valence-electron chi connectivity index (χ3n) is 11.2. The van der Waals surface area contributed by atoms with Crippen molar-refractivity contribution in [1.29, 1.82) is 0 Å². The van der Waals surface area contributed by atoms with Gasteiger partial charge in [0, 0.05) is 36.8 Å². The Kier molecular flexibility index (Phi) is 10.4. The van der Waals surface area contributed by atoms with E-state index >= 15 is 0 Å². The van der Waals surface area contributed by atoms with Gasteiger partial charge in [-0.05, 0) is 111 Å². The average molecular weight is 722 g/mol. The fourth-order valence-corrected chi connectivity index (χ4v) is 10.4. The molecular weight excluding hydrogens is 674 g/mol. The second kappa shape index (κ2) is 14.1. The number of ether oxygens (including phenoxy) is 2. The molecule has 1 saturated heterocycles. The van der Waals surface area contributed by atoms with E-state index in [0.29, 0.717) is 69.4 Å². The van der Waals surface area contributed by atoms with Crippen LogP contribution in [0.5, 0.6) is 5.75 Å². The van der Waals surface area contributed by atoms with E-state index in [-0.39, 0.29) is 23.3 Å². The molecule has 1 aliphatic carbocycles. The highest BCUT2D eigenvalue weighted by molar-refractivity contribution is 7.90. The van der Waals surface area contributed by atoms with Crippen LogP contribution in [0.4, 0.5) is 5.69 Å². The molecule has 264 valence electrons. The Labute approximate surface area is 290 Å². The highest BCUT2D eigenvalue weighted by Gasteiger charge is 2.52. The molecule has 2 fully saturated rings. The van der Waals surface area contributed by atoms with Gasteiger partial charge >= 0.3 is 0 Å². The second-order valence-electron chi connectivity index (χ2n) is 14.3. The summed E-state index contributed by atoms with van der Waals surface area (Å²) in [4.78, 5) is 15.8. The Balaban J connectivity index is 1.41. The van der Waals surface area contributed by atoms with Gasteiger partial charge in [-0.2, -0.15) is 4.31 Å². The lowest BCUT2D eigenvalue weighted by molar-refractivity contribution is -0.165. The zero-order valence-corrected chi connectivity index (χ0v) is 30.5. The molecule has 0 radical (unpaired) electrons. The molecule has 2 aromatic carbocycles. The summed E-state index contributed by atoms with van der Waals surface area (Å²) in [5.74, 6) is 0.0896. The van der Waals surface area contributed by atoms with Gasteiger partial charge in [-0.3, -0.25) is 4.79 Å². The summed E-state index contributed by atoms with van der Waals surface area (Å²) in [6.07, 6.45) is 7.76. The molecule has 3 aliphatic heterocycles.